The molecule has 6 heteroatoms. The Bertz CT molecular complexity index is 1180. The van der Waals surface area contributed by atoms with Crippen molar-refractivity contribution in [1.82, 2.24) is 4.98 Å². The summed E-state index contributed by atoms with van der Waals surface area (Å²) in [5.74, 6) is -1.63. The number of rotatable bonds is 3. The number of fused-ring (bicyclic) bond motifs is 2. The molecule has 0 unspecified atom stereocenters. The predicted octanol–water partition coefficient (Wildman–Crippen LogP) is 5.21. The molecule has 6 nitrogen and oxygen atoms in total. The Morgan fingerprint density at radius 1 is 0.885 bits per heavy atom. The summed E-state index contributed by atoms with van der Waals surface area (Å²) in [6, 6.07) is 17.8. The van der Waals surface area contributed by atoms with Crippen LogP contribution in [0.25, 0.3) is 21.7 Å². The highest BCUT2D eigenvalue weighted by Gasteiger charge is 2.18. The third-order valence-corrected chi connectivity index (χ3v) is 4.09. The molecule has 0 atom stereocenters. The second-order valence-corrected chi connectivity index (χ2v) is 5.70. The molecule has 0 aliphatic carbocycles. The van der Waals surface area contributed by atoms with E-state index in [1.54, 1.807) is 42.6 Å². The summed E-state index contributed by atoms with van der Waals surface area (Å²) < 4.78 is 0. The number of hydrogen-bond donors (Lipinski definition) is 2. The second-order valence-electron chi connectivity index (χ2n) is 5.70. The minimum atomic E-state index is -1.22. The van der Waals surface area contributed by atoms with Gasteiger partial charge in [0.05, 0.1) is 5.52 Å². The van der Waals surface area contributed by atoms with Crippen LogP contribution in [0.1, 0.15) is 10.4 Å². The third-order valence-electron chi connectivity index (χ3n) is 4.09. The molecule has 2 N–H and O–H groups in total. The Morgan fingerprint density at radius 2 is 1.62 bits per heavy atom. The predicted molar refractivity (Wildman–Crippen MR) is 98.5 cm³/mol. The molecule has 0 bridgehead atoms. The van der Waals surface area contributed by atoms with E-state index in [9.17, 15) is 15.0 Å². The van der Waals surface area contributed by atoms with Gasteiger partial charge in [-0.15, -0.1) is 10.2 Å². The summed E-state index contributed by atoms with van der Waals surface area (Å²) in [6.45, 7) is 0. The lowest BCUT2D eigenvalue weighted by molar-refractivity contribution is 0.0696. The van der Waals surface area contributed by atoms with Crippen molar-refractivity contribution >= 4 is 39.0 Å². The lowest BCUT2D eigenvalue weighted by atomic mass is 10.0. The van der Waals surface area contributed by atoms with E-state index in [0.717, 1.165) is 5.39 Å². The quantitative estimate of drug-likeness (QED) is 0.499. The Kier molecular flexibility index (Phi) is 3.78. The van der Waals surface area contributed by atoms with Crippen molar-refractivity contribution in [1.29, 1.82) is 0 Å². The van der Waals surface area contributed by atoms with E-state index < -0.39 is 11.7 Å². The van der Waals surface area contributed by atoms with Crippen LogP contribution in [0.4, 0.5) is 11.4 Å². The highest BCUT2D eigenvalue weighted by Crippen LogP contribution is 2.38. The molecule has 0 radical (unpaired) electrons. The van der Waals surface area contributed by atoms with Crippen molar-refractivity contribution in [3.63, 3.8) is 0 Å². The summed E-state index contributed by atoms with van der Waals surface area (Å²) in [4.78, 5) is 15.9. The molecule has 0 fully saturated rings. The Morgan fingerprint density at radius 3 is 2.46 bits per heavy atom. The van der Waals surface area contributed by atoms with Crippen LogP contribution in [0.5, 0.6) is 5.75 Å². The van der Waals surface area contributed by atoms with Crippen LogP contribution >= 0.6 is 0 Å². The highest BCUT2D eigenvalue weighted by molar-refractivity contribution is 6.08. The van der Waals surface area contributed by atoms with Crippen molar-refractivity contribution in [2.24, 2.45) is 10.2 Å². The molecular formula is C20H13N3O3. The molecule has 0 spiro atoms. The van der Waals surface area contributed by atoms with E-state index in [1.165, 1.54) is 0 Å². The summed E-state index contributed by atoms with van der Waals surface area (Å²) in [5, 5.41) is 30.2. The van der Waals surface area contributed by atoms with E-state index in [1.807, 2.05) is 24.3 Å². The molecule has 26 heavy (non-hydrogen) atoms. The normalized spacial score (nSPS) is 11.4. The van der Waals surface area contributed by atoms with Crippen LogP contribution in [0.2, 0.25) is 0 Å². The summed E-state index contributed by atoms with van der Waals surface area (Å²) in [7, 11) is 0. The van der Waals surface area contributed by atoms with Crippen molar-refractivity contribution in [3.05, 3.63) is 72.4 Å². The Balaban J connectivity index is 1.88. The second kappa shape index (κ2) is 6.25. The first-order valence-electron chi connectivity index (χ1n) is 7.88. The summed E-state index contributed by atoms with van der Waals surface area (Å²) in [6.07, 6.45) is 1.66. The van der Waals surface area contributed by atoms with Gasteiger partial charge in [-0.2, -0.15) is 0 Å². The van der Waals surface area contributed by atoms with E-state index in [0.29, 0.717) is 22.0 Å². The Labute approximate surface area is 148 Å². The van der Waals surface area contributed by atoms with Crippen LogP contribution in [0, 0.1) is 0 Å². The summed E-state index contributed by atoms with van der Waals surface area (Å²) in [5.41, 5.74) is 1.12. The first-order chi connectivity index (χ1) is 12.6. The van der Waals surface area contributed by atoms with Gasteiger partial charge in [0.2, 0.25) is 0 Å². The van der Waals surface area contributed by atoms with Gasteiger partial charge in [-0.05, 0) is 23.6 Å². The lowest BCUT2D eigenvalue weighted by Gasteiger charge is -2.07. The molecular weight excluding hydrogens is 330 g/mol. The van der Waals surface area contributed by atoms with Gasteiger partial charge in [0.15, 0.2) is 5.75 Å². The number of aromatic nitrogens is 1. The van der Waals surface area contributed by atoms with Gasteiger partial charge in [-0.3, -0.25) is 4.98 Å². The maximum absolute atomic E-state index is 11.6. The molecule has 0 aliphatic rings. The SMILES string of the molecule is O=C(O)c1c(O)c(/N=N/c2cccc3cccnc23)cc2ccccc12. The number of carbonyl (C=O) groups is 1. The molecule has 3 aromatic carbocycles. The van der Waals surface area contributed by atoms with Crippen LogP contribution in [0.15, 0.2) is 77.1 Å². The first kappa shape index (κ1) is 15.7. The zero-order valence-corrected chi connectivity index (χ0v) is 13.5. The highest BCUT2D eigenvalue weighted by atomic mass is 16.4. The van der Waals surface area contributed by atoms with E-state index in [4.69, 9.17) is 0 Å². The fraction of sp³-hybridized carbons (Fsp3) is 0. The van der Waals surface area contributed by atoms with E-state index in [-0.39, 0.29) is 11.3 Å². The zero-order chi connectivity index (χ0) is 18.1. The number of phenols is 1. The minimum Gasteiger partial charge on any atom is -0.505 e. The number of hydrogen-bond acceptors (Lipinski definition) is 5. The van der Waals surface area contributed by atoms with E-state index in [2.05, 4.69) is 15.2 Å². The number of benzene rings is 3. The average Bonchev–Trinajstić information content (AvgIpc) is 2.66. The van der Waals surface area contributed by atoms with Crippen molar-refractivity contribution < 1.29 is 15.0 Å². The number of azo groups is 1. The first-order valence-corrected chi connectivity index (χ1v) is 7.88. The molecule has 1 aromatic heterocycles. The molecule has 4 rings (SSSR count). The molecule has 4 aromatic rings. The number of nitrogens with zero attached hydrogens (tertiary/aromatic N) is 3. The zero-order valence-electron chi connectivity index (χ0n) is 13.5. The van der Waals surface area contributed by atoms with Gasteiger partial charge < -0.3 is 10.2 Å². The third kappa shape index (κ3) is 2.63. The van der Waals surface area contributed by atoms with Gasteiger partial charge in [-0.1, -0.05) is 42.5 Å². The Hall–Kier alpha value is -3.80. The topological polar surface area (TPSA) is 95.1 Å². The molecule has 0 saturated carbocycles. The standard InChI is InChI=1S/C20H13N3O3/c24-19-16(11-13-5-1-2-8-14(13)17(19)20(25)26)23-22-15-9-3-6-12-7-4-10-21-18(12)15/h1-11,24H,(H,25,26)/b23-22+. The monoisotopic (exact) mass is 343 g/mol. The largest absolute Gasteiger partial charge is 0.505 e. The fourth-order valence-electron chi connectivity index (χ4n) is 2.89. The summed E-state index contributed by atoms with van der Waals surface area (Å²) >= 11 is 0. The molecule has 126 valence electrons. The van der Waals surface area contributed by atoms with Gasteiger partial charge in [-0.25, -0.2) is 4.79 Å². The molecule has 1 heterocycles. The molecule has 0 amide bonds. The van der Waals surface area contributed by atoms with E-state index >= 15 is 0 Å². The van der Waals surface area contributed by atoms with Crippen LogP contribution in [0.3, 0.4) is 0 Å². The average molecular weight is 343 g/mol. The van der Waals surface area contributed by atoms with Gasteiger partial charge >= 0.3 is 5.97 Å². The fourth-order valence-corrected chi connectivity index (χ4v) is 2.89. The number of carboxylic acid groups (broad SMARTS) is 1. The maximum Gasteiger partial charge on any atom is 0.340 e. The number of pyridine rings is 1. The van der Waals surface area contributed by atoms with Crippen molar-refractivity contribution in [2.75, 3.05) is 0 Å². The van der Waals surface area contributed by atoms with Crippen LogP contribution in [-0.2, 0) is 0 Å². The van der Waals surface area contributed by atoms with Gasteiger partial charge in [0.1, 0.15) is 16.9 Å². The number of aromatic carboxylic acids is 1. The van der Waals surface area contributed by atoms with Crippen molar-refractivity contribution in [2.45, 2.75) is 0 Å². The number of aromatic hydroxyl groups is 1. The van der Waals surface area contributed by atoms with Crippen LogP contribution < -0.4 is 0 Å². The lowest BCUT2D eigenvalue weighted by Crippen LogP contribution is -1.98. The molecule has 0 aliphatic heterocycles. The minimum absolute atomic E-state index is 0.0917. The van der Waals surface area contributed by atoms with Crippen molar-refractivity contribution in [3.8, 4) is 5.75 Å². The van der Waals surface area contributed by atoms with Gasteiger partial charge in [0.25, 0.3) is 0 Å². The number of carboxylic acids is 1. The van der Waals surface area contributed by atoms with Crippen LogP contribution in [-0.4, -0.2) is 21.2 Å². The van der Waals surface area contributed by atoms with Gasteiger partial charge in [0, 0.05) is 17.0 Å². The molecule has 0 saturated heterocycles. The smallest absolute Gasteiger partial charge is 0.340 e. The number of para-hydroxylation sites is 1. The maximum atomic E-state index is 11.6.